The lowest BCUT2D eigenvalue weighted by atomic mass is 9.96. The van der Waals surface area contributed by atoms with E-state index in [1.165, 1.54) is 25.9 Å². The lowest BCUT2D eigenvalue weighted by molar-refractivity contribution is 0.222. The van der Waals surface area contributed by atoms with Gasteiger partial charge in [0.05, 0.1) is 5.52 Å². The Morgan fingerprint density at radius 2 is 2.05 bits per heavy atom. The van der Waals surface area contributed by atoms with Gasteiger partial charge in [-0.1, -0.05) is 15.9 Å². The Labute approximate surface area is 134 Å². The molecule has 0 aliphatic carbocycles. The van der Waals surface area contributed by atoms with Crippen molar-refractivity contribution >= 4 is 32.7 Å². The SMILES string of the molecule is CN1CCC(CN(C)c2ncnc3ccc(Br)cc23)CC1. The van der Waals surface area contributed by atoms with Crippen LogP contribution >= 0.6 is 15.9 Å². The van der Waals surface area contributed by atoms with Gasteiger partial charge >= 0.3 is 0 Å². The summed E-state index contributed by atoms with van der Waals surface area (Å²) in [5.41, 5.74) is 0.999. The van der Waals surface area contributed by atoms with E-state index in [9.17, 15) is 0 Å². The van der Waals surface area contributed by atoms with Gasteiger partial charge in [0, 0.05) is 23.5 Å². The zero-order valence-corrected chi connectivity index (χ0v) is 14.2. The predicted molar refractivity (Wildman–Crippen MR) is 90.7 cm³/mol. The summed E-state index contributed by atoms with van der Waals surface area (Å²) in [6.45, 7) is 3.47. The second-order valence-electron chi connectivity index (χ2n) is 5.99. The van der Waals surface area contributed by atoms with Gasteiger partial charge in [0.25, 0.3) is 0 Å². The fraction of sp³-hybridized carbons (Fsp3) is 0.500. The normalized spacial score (nSPS) is 17.3. The monoisotopic (exact) mass is 348 g/mol. The molecule has 0 saturated carbocycles. The maximum Gasteiger partial charge on any atom is 0.139 e. The third-order valence-corrected chi connectivity index (χ3v) is 4.80. The Bertz CT molecular complexity index is 623. The number of halogens is 1. The number of fused-ring (bicyclic) bond motifs is 1. The van der Waals surface area contributed by atoms with Gasteiger partial charge < -0.3 is 9.80 Å². The fourth-order valence-electron chi connectivity index (χ4n) is 3.04. The molecule has 0 N–H and O–H groups in total. The highest BCUT2D eigenvalue weighted by molar-refractivity contribution is 9.10. The van der Waals surface area contributed by atoms with Crippen molar-refractivity contribution in [1.82, 2.24) is 14.9 Å². The summed E-state index contributed by atoms with van der Waals surface area (Å²) in [7, 11) is 4.34. The van der Waals surface area contributed by atoms with E-state index in [2.05, 4.69) is 55.9 Å². The first kappa shape index (κ1) is 14.7. The highest BCUT2D eigenvalue weighted by atomic mass is 79.9. The summed E-state index contributed by atoms with van der Waals surface area (Å²) in [4.78, 5) is 13.6. The lowest BCUT2D eigenvalue weighted by Gasteiger charge is -2.32. The molecule has 1 aromatic carbocycles. The standard InChI is InChI=1S/C16H21BrN4/c1-20-7-5-12(6-8-20)10-21(2)16-14-9-13(17)3-4-15(14)18-11-19-16/h3-4,9,11-12H,5-8,10H2,1-2H3. The molecular weight excluding hydrogens is 328 g/mol. The number of hydrogen-bond donors (Lipinski definition) is 0. The van der Waals surface area contributed by atoms with Crippen molar-refractivity contribution in [2.75, 3.05) is 38.6 Å². The molecule has 1 aliphatic heterocycles. The molecule has 1 fully saturated rings. The third-order valence-electron chi connectivity index (χ3n) is 4.31. The molecule has 0 bridgehead atoms. The Morgan fingerprint density at radius 3 is 2.81 bits per heavy atom. The number of piperidine rings is 1. The average Bonchev–Trinajstić information content (AvgIpc) is 2.49. The van der Waals surface area contributed by atoms with Gasteiger partial charge in [-0.05, 0) is 57.1 Å². The zero-order valence-electron chi connectivity index (χ0n) is 12.6. The van der Waals surface area contributed by atoms with Crippen molar-refractivity contribution in [2.24, 2.45) is 5.92 Å². The number of likely N-dealkylation sites (tertiary alicyclic amines) is 1. The summed E-state index contributed by atoms with van der Waals surface area (Å²) in [5.74, 6) is 1.78. The van der Waals surface area contributed by atoms with Crippen LogP contribution in [0.3, 0.4) is 0 Å². The van der Waals surface area contributed by atoms with Gasteiger partial charge in [-0.3, -0.25) is 0 Å². The van der Waals surface area contributed by atoms with Crippen molar-refractivity contribution in [3.05, 3.63) is 29.0 Å². The van der Waals surface area contributed by atoms with E-state index in [1.54, 1.807) is 6.33 Å². The molecule has 0 spiro atoms. The summed E-state index contributed by atoms with van der Waals surface area (Å²) in [6.07, 6.45) is 4.21. The molecule has 3 rings (SSSR count). The van der Waals surface area contributed by atoms with Crippen LogP contribution in [0.2, 0.25) is 0 Å². The van der Waals surface area contributed by atoms with E-state index in [0.29, 0.717) is 0 Å². The molecule has 0 amide bonds. The Balaban J connectivity index is 1.81. The van der Waals surface area contributed by atoms with Crippen LogP contribution in [0.25, 0.3) is 10.9 Å². The van der Waals surface area contributed by atoms with Crippen molar-refractivity contribution in [3.8, 4) is 0 Å². The molecule has 1 aromatic heterocycles. The minimum atomic E-state index is 0.753. The molecule has 2 aromatic rings. The number of hydrogen-bond acceptors (Lipinski definition) is 4. The van der Waals surface area contributed by atoms with E-state index in [-0.39, 0.29) is 0 Å². The average molecular weight is 349 g/mol. The first-order chi connectivity index (χ1) is 10.1. The topological polar surface area (TPSA) is 32.3 Å². The lowest BCUT2D eigenvalue weighted by Crippen LogP contribution is -2.36. The summed E-state index contributed by atoms with van der Waals surface area (Å²) in [5, 5.41) is 1.11. The van der Waals surface area contributed by atoms with Crippen molar-refractivity contribution in [2.45, 2.75) is 12.8 Å². The molecule has 0 unspecified atom stereocenters. The van der Waals surface area contributed by atoms with E-state index < -0.39 is 0 Å². The van der Waals surface area contributed by atoms with Crippen LogP contribution < -0.4 is 4.90 Å². The van der Waals surface area contributed by atoms with Crippen LogP contribution in [0, 0.1) is 5.92 Å². The Hall–Kier alpha value is -1.20. The number of aromatic nitrogens is 2. The van der Waals surface area contributed by atoms with Gasteiger partial charge in [0.15, 0.2) is 0 Å². The van der Waals surface area contributed by atoms with Crippen LogP contribution in [-0.2, 0) is 0 Å². The number of anilines is 1. The molecule has 5 heteroatoms. The molecule has 0 atom stereocenters. The smallest absolute Gasteiger partial charge is 0.139 e. The van der Waals surface area contributed by atoms with Crippen molar-refractivity contribution < 1.29 is 0 Å². The van der Waals surface area contributed by atoms with Crippen LogP contribution in [-0.4, -0.2) is 48.6 Å². The number of rotatable bonds is 3. The van der Waals surface area contributed by atoms with E-state index >= 15 is 0 Å². The third kappa shape index (κ3) is 3.35. The predicted octanol–water partition coefficient (Wildman–Crippen LogP) is 3.17. The maximum atomic E-state index is 4.51. The molecule has 1 aliphatic rings. The van der Waals surface area contributed by atoms with Gasteiger partial charge in [-0.25, -0.2) is 9.97 Å². The van der Waals surface area contributed by atoms with E-state index in [0.717, 1.165) is 33.7 Å². The van der Waals surface area contributed by atoms with Crippen LogP contribution in [0.4, 0.5) is 5.82 Å². The summed E-state index contributed by atoms with van der Waals surface area (Å²) < 4.78 is 1.07. The summed E-state index contributed by atoms with van der Waals surface area (Å²) >= 11 is 3.54. The number of benzene rings is 1. The van der Waals surface area contributed by atoms with Gasteiger partial charge in [-0.2, -0.15) is 0 Å². The molecule has 21 heavy (non-hydrogen) atoms. The van der Waals surface area contributed by atoms with Gasteiger partial charge in [-0.15, -0.1) is 0 Å². The Kier molecular flexibility index (Phi) is 4.40. The minimum Gasteiger partial charge on any atom is -0.359 e. The van der Waals surface area contributed by atoms with Crippen LogP contribution in [0.1, 0.15) is 12.8 Å². The van der Waals surface area contributed by atoms with E-state index in [4.69, 9.17) is 0 Å². The largest absolute Gasteiger partial charge is 0.359 e. The van der Waals surface area contributed by atoms with Crippen LogP contribution in [0.5, 0.6) is 0 Å². The first-order valence-corrected chi connectivity index (χ1v) is 8.23. The molecule has 112 valence electrons. The Morgan fingerprint density at radius 1 is 1.29 bits per heavy atom. The molecule has 1 saturated heterocycles. The first-order valence-electron chi connectivity index (χ1n) is 7.43. The molecule has 2 heterocycles. The van der Waals surface area contributed by atoms with Crippen molar-refractivity contribution in [3.63, 3.8) is 0 Å². The highest BCUT2D eigenvalue weighted by Gasteiger charge is 2.19. The highest BCUT2D eigenvalue weighted by Crippen LogP contribution is 2.27. The van der Waals surface area contributed by atoms with Crippen molar-refractivity contribution in [1.29, 1.82) is 0 Å². The molecule has 0 radical (unpaired) electrons. The molecular formula is C16H21BrN4. The number of nitrogens with zero attached hydrogens (tertiary/aromatic N) is 4. The fourth-order valence-corrected chi connectivity index (χ4v) is 3.40. The van der Waals surface area contributed by atoms with E-state index in [1.807, 2.05) is 12.1 Å². The maximum absolute atomic E-state index is 4.51. The zero-order chi connectivity index (χ0) is 14.8. The van der Waals surface area contributed by atoms with Gasteiger partial charge in [0.2, 0.25) is 0 Å². The summed E-state index contributed by atoms with van der Waals surface area (Å²) in [6, 6.07) is 6.17. The molecule has 4 nitrogen and oxygen atoms in total. The van der Waals surface area contributed by atoms with Crippen LogP contribution in [0.15, 0.2) is 29.0 Å². The second-order valence-corrected chi connectivity index (χ2v) is 6.90. The quantitative estimate of drug-likeness (QED) is 0.852. The van der Waals surface area contributed by atoms with Gasteiger partial charge in [0.1, 0.15) is 12.1 Å². The second kappa shape index (κ2) is 6.28. The minimum absolute atomic E-state index is 0.753.